The van der Waals surface area contributed by atoms with Crippen molar-refractivity contribution in [3.05, 3.63) is 0 Å². The summed E-state index contributed by atoms with van der Waals surface area (Å²) in [4.78, 5) is 24.4. The highest BCUT2D eigenvalue weighted by Crippen LogP contribution is 2.19. The molecule has 0 aliphatic carbocycles. The molecule has 0 radical (unpaired) electrons. The predicted molar refractivity (Wildman–Crippen MR) is 77.3 cm³/mol. The van der Waals surface area contributed by atoms with Gasteiger partial charge in [-0.2, -0.15) is 0 Å². The number of nitrogens with one attached hydrogen (secondary N) is 1. The summed E-state index contributed by atoms with van der Waals surface area (Å²) in [5.74, 6) is -0.727. The maximum Gasteiger partial charge on any atom is 0.317 e. The molecular formula is C14H26N2O5. The molecule has 1 aliphatic rings. The van der Waals surface area contributed by atoms with Gasteiger partial charge in [-0.1, -0.05) is 0 Å². The van der Waals surface area contributed by atoms with Crippen LogP contribution in [0.3, 0.4) is 0 Å². The topological polar surface area (TPSA) is 88.1 Å². The first-order valence-electron chi connectivity index (χ1n) is 7.44. The molecule has 2 amide bonds. The quantitative estimate of drug-likeness (QED) is 0.619. The number of ether oxygens (including phenoxy) is 2. The van der Waals surface area contributed by atoms with E-state index in [1.165, 1.54) is 0 Å². The van der Waals surface area contributed by atoms with Crippen LogP contribution >= 0.6 is 0 Å². The molecule has 0 spiro atoms. The fourth-order valence-electron chi connectivity index (χ4n) is 2.39. The Kier molecular flexibility index (Phi) is 8.77. The summed E-state index contributed by atoms with van der Waals surface area (Å²) in [6, 6.07) is -0.109. The standard InChI is InChI=1S/C14H26N2O5/c1-20-8-9-21-7-3-5-15-14(19)16-6-2-4-12(11-16)10-13(17)18/h12H,2-11H2,1H3,(H,15,19)(H,17,18). The number of hydrogen-bond donors (Lipinski definition) is 2. The second-order valence-electron chi connectivity index (χ2n) is 5.24. The zero-order valence-corrected chi connectivity index (χ0v) is 12.7. The highest BCUT2D eigenvalue weighted by Gasteiger charge is 2.24. The lowest BCUT2D eigenvalue weighted by Gasteiger charge is -2.32. The zero-order chi connectivity index (χ0) is 15.5. The lowest BCUT2D eigenvalue weighted by molar-refractivity contribution is -0.138. The van der Waals surface area contributed by atoms with E-state index in [1.54, 1.807) is 12.0 Å². The number of carbonyl (C=O) groups excluding carboxylic acids is 1. The van der Waals surface area contributed by atoms with Gasteiger partial charge in [-0.3, -0.25) is 4.79 Å². The molecule has 1 saturated heterocycles. The van der Waals surface area contributed by atoms with Crippen LogP contribution in [-0.2, 0) is 14.3 Å². The van der Waals surface area contributed by atoms with Gasteiger partial charge in [-0.05, 0) is 25.2 Å². The Morgan fingerprint density at radius 1 is 1.33 bits per heavy atom. The molecule has 2 N–H and O–H groups in total. The van der Waals surface area contributed by atoms with Gasteiger partial charge >= 0.3 is 12.0 Å². The van der Waals surface area contributed by atoms with E-state index in [4.69, 9.17) is 14.6 Å². The van der Waals surface area contributed by atoms with E-state index in [0.29, 0.717) is 39.5 Å². The summed E-state index contributed by atoms with van der Waals surface area (Å²) in [7, 11) is 1.62. The third-order valence-corrected chi connectivity index (χ3v) is 3.44. The molecule has 7 nitrogen and oxygen atoms in total. The second kappa shape index (κ2) is 10.4. The van der Waals surface area contributed by atoms with Gasteiger partial charge < -0.3 is 24.8 Å². The summed E-state index contributed by atoms with van der Waals surface area (Å²) < 4.78 is 10.2. The first-order valence-corrected chi connectivity index (χ1v) is 7.44. The summed E-state index contributed by atoms with van der Waals surface area (Å²) in [5.41, 5.74) is 0. The average Bonchev–Trinajstić information content (AvgIpc) is 2.45. The molecule has 1 fully saturated rings. The van der Waals surface area contributed by atoms with Crippen LogP contribution in [-0.4, -0.2) is 68.6 Å². The zero-order valence-electron chi connectivity index (χ0n) is 12.7. The fraction of sp³-hybridized carbons (Fsp3) is 0.857. The van der Waals surface area contributed by atoms with Crippen LogP contribution in [0.25, 0.3) is 0 Å². The van der Waals surface area contributed by atoms with Crippen LogP contribution in [0.5, 0.6) is 0 Å². The molecule has 1 aliphatic heterocycles. The maximum absolute atomic E-state index is 12.0. The van der Waals surface area contributed by atoms with Crippen molar-refractivity contribution in [2.45, 2.75) is 25.7 Å². The Balaban J connectivity index is 2.12. The van der Waals surface area contributed by atoms with Gasteiger partial charge in [0.2, 0.25) is 0 Å². The van der Waals surface area contributed by atoms with Gasteiger partial charge in [0.1, 0.15) is 0 Å². The van der Waals surface area contributed by atoms with Crippen molar-refractivity contribution >= 4 is 12.0 Å². The molecule has 1 atom stereocenters. The van der Waals surface area contributed by atoms with Crippen molar-refractivity contribution in [3.63, 3.8) is 0 Å². The van der Waals surface area contributed by atoms with Crippen molar-refractivity contribution in [2.24, 2.45) is 5.92 Å². The fourth-order valence-corrected chi connectivity index (χ4v) is 2.39. The summed E-state index contributed by atoms with van der Waals surface area (Å²) in [6.07, 6.45) is 2.63. The number of likely N-dealkylation sites (tertiary alicyclic amines) is 1. The van der Waals surface area contributed by atoms with Crippen LogP contribution in [0, 0.1) is 5.92 Å². The third kappa shape index (κ3) is 7.87. The van der Waals surface area contributed by atoms with Gasteiger partial charge in [0, 0.05) is 39.8 Å². The van der Waals surface area contributed by atoms with Crippen LogP contribution in [0.15, 0.2) is 0 Å². The van der Waals surface area contributed by atoms with Crippen molar-refractivity contribution in [2.75, 3.05) is 46.6 Å². The molecule has 0 saturated carbocycles. The van der Waals surface area contributed by atoms with Crippen molar-refractivity contribution < 1.29 is 24.2 Å². The Bertz CT molecular complexity index is 324. The Hall–Kier alpha value is -1.34. The molecule has 21 heavy (non-hydrogen) atoms. The highest BCUT2D eigenvalue weighted by molar-refractivity contribution is 5.74. The third-order valence-electron chi connectivity index (χ3n) is 3.44. The highest BCUT2D eigenvalue weighted by atomic mass is 16.5. The van der Waals surface area contributed by atoms with Gasteiger partial charge in [-0.15, -0.1) is 0 Å². The predicted octanol–water partition coefficient (Wildman–Crippen LogP) is 0.936. The lowest BCUT2D eigenvalue weighted by Crippen LogP contribution is -2.46. The van der Waals surface area contributed by atoms with Crippen molar-refractivity contribution in [3.8, 4) is 0 Å². The first kappa shape index (κ1) is 17.7. The molecule has 0 aromatic rings. The molecule has 0 aromatic carbocycles. The largest absolute Gasteiger partial charge is 0.481 e. The molecule has 1 unspecified atom stereocenters. The van der Waals surface area contributed by atoms with Crippen LogP contribution in [0.2, 0.25) is 0 Å². The van der Waals surface area contributed by atoms with Gasteiger partial charge in [0.05, 0.1) is 13.2 Å². The van der Waals surface area contributed by atoms with E-state index in [-0.39, 0.29) is 18.4 Å². The normalized spacial score (nSPS) is 18.5. The molecule has 1 heterocycles. The Morgan fingerprint density at radius 2 is 2.14 bits per heavy atom. The van der Waals surface area contributed by atoms with Gasteiger partial charge in [-0.25, -0.2) is 4.79 Å². The van der Waals surface area contributed by atoms with E-state index >= 15 is 0 Å². The molecule has 7 heteroatoms. The summed E-state index contributed by atoms with van der Waals surface area (Å²) in [5, 5.41) is 11.7. The lowest BCUT2D eigenvalue weighted by atomic mass is 9.95. The van der Waals surface area contributed by atoms with E-state index in [1.807, 2.05) is 0 Å². The van der Waals surface area contributed by atoms with E-state index in [0.717, 1.165) is 19.3 Å². The number of aliphatic carboxylic acids is 1. The number of methoxy groups -OCH3 is 1. The number of rotatable bonds is 9. The van der Waals surface area contributed by atoms with E-state index in [2.05, 4.69) is 5.32 Å². The number of hydrogen-bond acceptors (Lipinski definition) is 4. The van der Waals surface area contributed by atoms with Gasteiger partial charge in [0.15, 0.2) is 0 Å². The van der Waals surface area contributed by atoms with Gasteiger partial charge in [0.25, 0.3) is 0 Å². The van der Waals surface area contributed by atoms with E-state index in [9.17, 15) is 9.59 Å². The van der Waals surface area contributed by atoms with Crippen molar-refractivity contribution in [1.29, 1.82) is 0 Å². The van der Waals surface area contributed by atoms with Crippen LogP contribution in [0.4, 0.5) is 4.79 Å². The number of carbonyl (C=O) groups is 2. The number of nitrogens with zero attached hydrogens (tertiary/aromatic N) is 1. The SMILES string of the molecule is COCCOCCCNC(=O)N1CCCC(CC(=O)O)C1. The minimum Gasteiger partial charge on any atom is -0.481 e. The first-order chi connectivity index (χ1) is 10.1. The molecule has 0 aromatic heterocycles. The summed E-state index contributed by atoms with van der Waals surface area (Å²) >= 11 is 0. The molecule has 0 bridgehead atoms. The smallest absolute Gasteiger partial charge is 0.317 e. The number of amides is 2. The number of carboxylic acid groups (broad SMARTS) is 1. The molecule has 122 valence electrons. The summed E-state index contributed by atoms with van der Waals surface area (Å²) in [6.45, 7) is 3.52. The average molecular weight is 302 g/mol. The minimum absolute atomic E-state index is 0.0689. The maximum atomic E-state index is 12.0. The monoisotopic (exact) mass is 302 g/mol. The number of urea groups is 1. The molecular weight excluding hydrogens is 276 g/mol. The Morgan fingerprint density at radius 3 is 2.86 bits per heavy atom. The number of piperidine rings is 1. The van der Waals surface area contributed by atoms with Crippen LogP contribution < -0.4 is 5.32 Å². The second-order valence-corrected chi connectivity index (χ2v) is 5.24. The minimum atomic E-state index is -0.796. The van der Waals surface area contributed by atoms with Crippen molar-refractivity contribution in [1.82, 2.24) is 10.2 Å². The Labute approximate surface area is 125 Å². The molecule has 1 rings (SSSR count). The van der Waals surface area contributed by atoms with E-state index < -0.39 is 5.97 Å². The van der Waals surface area contributed by atoms with Crippen LogP contribution in [0.1, 0.15) is 25.7 Å². The number of carboxylic acids is 1.